The molecule has 0 aromatic heterocycles. The van der Waals surface area contributed by atoms with Gasteiger partial charge in [0.05, 0.1) is 7.11 Å². The van der Waals surface area contributed by atoms with Crippen molar-refractivity contribution >= 4 is 5.78 Å². The molecule has 1 rings (SSSR count). The second-order valence-corrected chi connectivity index (χ2v) is 4.66. The zero-order chi connectivity index (χ0) is 12.7. The van der Waals surface area contributed by atoms with Gasteiger partial charge >= 0.3 is 0 Å². The summed E-state index contributed by atoms with van der Waals surface area (Å²) in [4.78, 5) is 11.9. The summed E-state index contributed by atoms with van der Waals surface area (Å²) < 4.78 is 5.14. The van der Waals surface area contributed by atoms with Gasteiger partial charge in [0, 0.05) is 12.8 Å². The fraction of sp³-hybridized carbons (Fsp3) is 0.533. The van der Waals surface area contributed by atoms with Gasteiger partial charge in [0.15, 0.2) is 0 Å². The van der Waals surface area contributed by atoms with Crippen LogP contribution in [-0.4, -0.2) is 12.9 Å². The quantitative estimate of drug-likeness (QED) is 0.720. The highest BCUT2D eigenvalue weighted by Gasteiger charge is 2.09. The highest BCUT2D eigenvalue weighted by Crippen LogP contribution is 2.16. The van der Waals surface area contributed by atoms with E-state index in [1.165, 1.54) is 0 Å². The smallest absolute Gasteiger partial charge is 0.137 e. The molecule has 2 heteroatoms. The second kappa shape index (κ2) is 7.10. The van der Waals surface area contributed by atoms with Crippen LogP contribution in [0.25, 0.3) is 0 Å². The van der Waals surface area contributed by atoms with Crippen LogP contribution in [0.4, 0.5) is 0 Å². The molecule has 1 aromatic carbocycles. The molecule has 0 saturated heterocycles. The molecule has 0 fully saturated rings. The minimum absolute atomic E-state index is 0.319. The van der Waals surface area contributed by atoms with Crippen LogP contribution in [0.1, 0.15) is 38.7 Å². The number of rotatable bonds is 7. The molecular weight excluding hydrogens is 212 g/mol. The Labute approximate surface area is 104 Å². The Hall–Kier alpha value is -1.31. The number of carbonyl (C=O) groups excluding carboxylic acids is 1. The van der Waals surface area contributed by atoms with Gasteiger partial charge in [-0.3, -0.25) is 4.79 Å². The average molecular weight is 234 g/mol. The van der Waals surface area contributed by atoms with Crippen molar-refractivity contribution in [2.75, 3.05) is 7.11 Å². The molecule has 1 unspecified atom stereocenters. The highest BCUT2D eigenvalue weighted by atomic mass is 16.5. The van der Waals surface area contributed by atoms with E-state index in [1.54, 1.807) is 7.11 Å². The topological polar surface area (TPSA) is 26.3 Å². The minimum atomic E-state index is 0.319. The number of ketones is 1. The van der Waals surface area contributed by atoms with Crippen LogP contribution in [0, 0.1) is 5.92 Å². The predicted molar refractivity (Wildman–Crippen MR) is 70.4 cm³/mol. The molecule has 0 aliphatic carbocycles. The SMILES string of the molecule is CCCC(C)CC(=O)Cc1cccc(OC)c1. The average Bonchev–Trinajstić information content (AvgIpc) is 2.29. The molecule has 0 aliphatic heterocycles. The Morgan fingerprint density at radius 1 is 1.41 bits per heavy atom. The standard InChI is InChI=1S/C15H22O2/c1-4-6-12(2)9-14(16)10-13-7-5-8-15(11-13)17-3/h5,7-8,11-12H,4,6,9-10H2,1-3H3. The van der Waals surface area contributed by atoms with Gasteiger partial charge in [-0.1, -0.05) is 38.8 Å². The van der Waals surface area contributed by atoms with E-state index in [9.17, 15) is 4.79 Å². The Morgan fingerprint density at radius 2 is 2.18 bits per heavy atom. The van der Waals surface area contributed by atoms with Crippen LogP contribution >= 0.6 is 0 Å². The number of carbonyl (C=O) groups is 1. The molecule has 0 bridgehead atoms. The molecule has 1 aromatic rings. The fourth-order valence-corrected chi connectivity index (χ4v) is 2.07. The molecule has 0 heterocycles. The molecule has 0 N–H and O–H groups in total. The molecule has 17 heavy (non-hydrogen) atoms. The number of methoxy groups -OCH3 is 1. The zero-order valence-corrected chi connectivity index (χ0v) is 11.0. The summed E-state index contributed by atoms with van der Waals surface area (Å²) in [6, 6.07) is 7.73. The number of Topliss-reactive ketones (excluding diaryl/α,β-unsaturated/α-hetero) is 1. The van der Waals surface area contributed by atoms with Crippen LogP contribution in [0.3, 0.4) is 0 Å². The van der Waals surface area contributed by atoms with Gasteiger partial charge in [0.2, 0.25) is 0 Å². The molecule has 2 nitrogen and oxygen atoms in total. The molecular formula is C15H22O2. The van der Waals surface area contributed by atoms with Crippen LogP contribution in [0.5, 0.6) is 5.75 Å². The van der Waals surface area contributed by atoms with Gasteiger partial charge in [-0.05, 0) is 23.6 Å². The maximum absolute atomic E-state index is 11.9. The Kier molecular flexibility index (Phi) is 5.75. The molecule has 94 valence electrons. The van der Waals surface area contributed by atoms with Crippen molar-refractivity contribution in [3.63, 3.8) is 0 Å². The number of benzene rings is 1. The molecule has 1 atom stereocenters. The van der Waals surface area contributed by atoms with Crippen LogP contribution in [-0.2, 0) is 11.2 Å². The largest absolute Gasteiger partial charge is 0.497 e. The minimum Gasteiger partial charge on any atom is -0.497 e. The van der Waals surface area contributed by atoms with Crippen LogP contribution in [0.2, 0.25) is 0 Å². The first kappa shape index (κ1) is 13.8. The van der Waals surface area contributed by atoms with Crippen LogP contribution < -0.4 is 4.74 Å². The third-order valence-corrected chi connectivity index (χ3v) is 2.89. The first-order chi connectivity index (χ1) is 8.15. The van der Waals surface area contributed by atoms with Gasteiger partial charge in [-0.15, -0.1) is 0 Å². The van der Waals surface area contributed by atoms with Crippen molar-refractivity contribution in [2.45, 2.75) is 39.5 Å². The van der Waals surface area contributed by atoms with E-state index >= 15 is 0 Å². The molecule has 0 spiro atoms. The van der Waals surface area contributed by atoms with E-state index in [4.69, 9.17) is 4.74 Å². The summed E-state index contributed by atoms with van der Waals surface area (Å²) in [5, 5.41) is 0. The van der Waals surface area contributed by atoms with Gasteiger partial charge < -0.3 is 4.74 Å². The van der Waals surface area contributed by atoms with Gasteiger partial charge in [-0.25, -0.2) is 0 Å². The highest BCUT2D eigenvalue weighted by molar-refractivity contribution is 5.81. The van der Waals surface area contributed by atoms with Gasteiger partial charge in [-0.2, -0.15) is 0 Å². The Balaban J connectivity index is 2.49. The van der Waals surface area contributed by atoms with Crippen molar-refractivity contribution in [3.8, 4) is 5.75 Å². The predicted octanol–water partition coefficient (Wildman–Crippen LogP) is 3.63. The van der Waals surface area contributed by atoms with Crippen molar-refractivity contribution in [3.05, 3.63) is 29.8 Å². The molecule has 0 radical (unpaired) electrons. The summed E-state index contributed by atoms with van der Waals surface area (Å²) >= 11 is 0. The van der Waals surface area contributed by atoms with Crippen molar-refractivity contribution in [2.24, 2.45) is 5.92 Å². The van der Waals surface area contributed by atoms with E-state index in [0.717, 1.165) is 24.2 Å². The monoisotopic (exact) mass is 234 g/mol. The van der Waals surface area contributed by atoms with Crippen molar-refractivity contribution in [1.29, 1.82) is 0 Å². The van der Waals surface area contributed by atoms with Crippen molar-refractivity contribution in [1.82, 2.24) is 0 Å². The lowest BCUT2D eigenvalue weighted by Gasteiger charge is -2.09. The van der Waals surface area contributed by atoms with E-state index in [1.807, 2.05) is 24.3 Å². The first-order valence-corrected chi connectivity index (χ1v) is 6.30. The number of hydrogen-bond acceptors (Lipinski definition) is 2. The maximum Gasteiger partial charge on any atom is 0.137 e. The normalized spacial score (nSPS) is 12.2. The number of hydrogen-bond donors (Lipinski definition) is 0. The molecule has 0 aliphatic rings. The summed E-state index contributed by atoms with van der Waals surface area (Å²) in [7, 11) is 1.64. The maximum atomic E-state index is 11.9. The Bertz CT molecular complexity index is 358. The number of ether oxygens (including phenoxy) is 1. The Morgan fingerprint density at radius 3 is 2.82 bits per heavy atom. The third kappa shape index (κ3) is 5.03. The van der Waals surface area contributed by atoms with Crippen LogP contribution in [0.15, 0.2) is 24.3 Å². The lowest BCUT2D eigenvalue weighted by molar-refractivity contribution is -0.119. The third-order valence-electron chi connectivity index (χ3n) is 2.89. The molecule has 0 amide bonds. The lowest BCUT2D eigenvalue weighted by Crippen LogP contribution is -2.08. The lowest BCUT2D eigenvalue weighted by atomic mass is 9.96. The van der Waals surface area contributed by atoms with Gasteiger partial charge in [0.25, 0.3) is 0 Å². The summed E-state index contributed by atoms with van der Waals surface area (Å²) in [6.45, 7) is 4.30. The zero-order valence-electron chi connectivity index (χ0n) is 11.0. The summed E-state index contributed by atoms with van der Waals surface area (Å²) in [5.74, 6) is 1.63. The van der Waals surface area contributed by atoms with Crippen molar-refractivity contribution < 1.29 is 9.53 Å². The molecule has 0 saturated carbocycles. The second-order valence-electron chi connectivity index (χ2n) is 4.66. The van der Waals surface area contributed by atoms with Gasteiger partial charge in [0.1, 0.15) is 11.5 Å². The van der Waals surface area contributed by atoms with E-state index in [-0.39, 0.29) is 0 Å². The van der Waals surface area contributed by atoms with E-state index in [0.29, 0.717) is 24.5 Å². The van der Waals surface area contributed by atoms with E-state index < -0.39 is 0 Å². The van der Waals surface area contributed by atoms with E-state index in [2.05, 4.69) is 13.8 Å². The first-order valence-electron chi connectivity index (χ1n) is 6.30. The fourth-order valence-electron chi connectivity index (χ4n) is 2.07. The summed E-state index contributed by atoms with van der Waals surface area (Å²) in [6.07, 6.45) is 3.48. The summed E-state index contributed by atoms with van der Waals surface area (Å²) in [5.41, 5.74) is 1.04.